The number of amides is 2. The van der Waals surface area contributed by atoms with E-state index in [9.17, 15) is 9.59 Å². The summed E-state index contributed by atoms with van der Waals surface area (Å²) in [5.41, 5.74) is 2.16. The van der Waals surface area contributed by atoms with Crippen molar-refractivity contribution in [1.29, 1.82) is 0 Å². The molecule has 0 spiro atoms. The first-order chi connectivity index (χ1) is 13.6. The fourth-order valence-electron chi connectivity index (χ4n) is 2.70. The van der Waals surface area contributed by atoms with E-state index in [-0.39, 0.29) is 18.2 Å². The zero-order valence-electron chi connectivity index (χ0n) is 15.8. The maximum Gasteiger partial charge on any atom is 0.253 e. The van der Waals surface area contributed by atoms with Crippen molar-refractivity contribution in [1.82, 2.24) is 15.0 Å². The average Bonchev–Trinajstić information content (AvgIpc) is 3.39. The number of thiophene rings is 1. The van der Waals surface area contributed by atoms with Gasteiger partial charge >= 0.3 is 0 Å². The van der Waals surface area contributed by atoms with Crippen molar-refractivity contribution in [3.8, 4) is 11.4 Å². The van der Waals surface area contributed by atoms with E-state index in [0.717, 1.165) is 5.56 Å². The zero-order chi connectivity index (χ0) is 19.9. The first-order valence-electron chi connectivity index (χ1n) is 9.15. The third-order valence-corrected chi connectivity index (χ3v) is 4.96. The van der Waals surface area contributed by atoms with Gasteiger partial charge in [-0.2, -0.15) is 16.3 Å². The van der Waals surface area contributed by atoms with Crippen LogP contribution in [0.4, 0.5) is 5.69 Å². The van der Waals surface area contributed by atoms with E-state index in [2.05, 4.69) is 15.5 Å². The Labute approximate surface area is 167 Å². The van der Waals surface area contributed by atoms with Gasteiger partial charge in [0.15, 0.2) is 0 Å². The Hall–Kier alpha value is -3.00. The van der Waals surface area contributed by atoms with Gasteiger partial charge in [-0.1, -0.05) is 5.16 Å². The number of carbonyl (C=O) groups excluding carboxylic acids is 2. The SMILES string of the molecule is CCN(CC)C(=O)c1ccc(NC(=O)CCc2nc(-c3ccsc3)no2)cc1. The van der Waals surface area contributed by atoms with Crippen LogP contribution in [0.25, 0.3) is 11.4 Å². The van der Waals surface area contributed by atoms with Gasteiger partial charge < -0.3 is 14.7 Å². The molecule has 2 heterocycles. The van der Waals surface area contributed by atoms with Crippen LogP contribution in [0.1, 0.15) is 36.5 Å². The molecule has 0 radical (unpaired) electrons. The molecule has 1 aromatic carbocycles. The van der Waals surface area contributed by atoms with Crippen LogP contribution in [0, 0.1) is 0 Å². The molecule has 2 aromatic heterocycles. The largest absolute Gasteiger partial charge is 0.339 e. The van der Waals surface area contributed by atoms with Crippen LogP contribution in [0.2, 0.25) is 0 Å². The summed E-state index contributed by atoms with van der Waals surface area (Å²) >= 11 is 1.56. The predicted octanol–water partition coefficient (Wildman–Crippen LogP) is 3.85. The minimum atomic E-state index is -0.155. The molecule has 28 heavy (non-hydrogen) atoms. The maximum absolute atomic E-state index is 12.3. The Bertz CT molecular complexity index is 915. The third kappa shape index (κ3) is 4.83. The molecule has 0 aliphatic carbocycles. The molecule has 2 amide bonds. The number of hydrogen-bond donors (Lipinski definition) is 1. The van der Waals surface area contributed by atoms with Gasteiger partial charge in [0.25, 0.3) is 5.91 Å². The van der Waals surface area contributed by atoms with Gasteiger partial charge in [-0.05, 0) is 49.6 Å². The highest BCUT2D eigenvalue weighted by molar-refractivity contribution is 7.08. The second-order valence-electron chi connectivity index (χ2n) is 6.13. The molecule has 0 atom stereocenters. The highest BCUT2D eigenvalue weighted by Crippen LogP contribution is 2.19. The minimum absolute atomic E-state index is 0.0132. The number of rotatable bonds is 8. The lowest BCUT2D eigenvalue weighted by atomic mass is 10.1. The molecule has 0 aliphatic heterocycles. The van der Waals surface area contributed by atoms with E-state index < -0.39 is 0 Å². The monoisotopic (exact) mass is 398 g/mol. The summed E-state index contributed by atoms with van der Waals surface area (Å²) in [6.07, 6.45) is 0.590. The van der Waals surface area contributed by atoms with Gasteiger partial charge in [-0.3, -0.25) is 9.59 Å². The molecule has 146 valence electrons. The molecule has 0 fully saturated rings. The van der Waals surface area contributed by atoms with Gasteiger partial charge in [0.2, 0.25) is 17.6 Å². The van der Waals surface area contributed by atoms with Crippen LogP contribution in [-0.4, -0.2) is 39.9 Å². The van der Waals surface area contributed by atoms with Crippen LogP contribution < -0.4 is 5.32 Å². The molecular weight excluding hydrogens is 376 g/mol. The molecule has 0 unspecified atom stereocenters. The summed E-state index contributed by atoms with van der Waals surface area (Å²) in [5, 5.41) is 10.6. The molecule has 8 heteroatoms. The first-order valence-corrected chi connectivity index (χ1v) is 10.1. The van der Waals surface area contributed by atoms with Crippen molar-refractivity contribution >= 4 is 28.8 Å². The molecular formula is C20H22N4O3S. The number of aromatic nitrogens is 2. The lowest BCUT2D eigenvalue weighted by Gasteiger charge is -2.18. The number of nitrogens with one attached hydrogen (secondary N) is 1. The van der Waals surface area contributed by atoms with Gasteiger partial charge in [0.1, 0.15) is 0 Å². The van der Waals surface area contributed by atoms with Crippen LogP contribution in [0.15, 0.2) is 45.6 Å². The quantitative estimate of drug-likeness (QED) is 0.623. The van der Waals surface area contributed by atoms with Crippen LogP contribution >= 0.6 is 11.3 Å². The number of aryl methyl sites for hydroxylation is 1. The highest BCUT2D eigenvalue weighted by atomic mass is 32.1. The molecule has 1 N–H and O–H groups in total. The van der Waals surface area contributed by atoms with Crippen LogP contribution in [0.5, 0.6) is 0 Å². The first kappa shape index (κ1) is 19.8. The normalized spacial score (nSPS) is 10.6. The second kappa shape index (κ2) is 9.27. The standard InChI is InChI=1S/C20H22N4O3S/c1-3-24(4-2)20(26)14-5-7-16(8-6-14)21-17(25)9-10-18-22-19(23-27-18)15-11-12-28-13-15/h5-8,11-13H,3-4,9-10H2,1-2H3,(H,21,25). The van der Waals surface area contributed by atoms with Crippen LogP contribution in [-0.2, 0) is 11.2 Å². The number of hydrogen-bond acceptors (Lipinski definition) is 6. The Balaban J connectivity index is 1.51. The molecule has 0 saturated carbocycles. The topological polar surface area (TPSA) is 88.3 Å². The molecule has 0 bridgehead atoms. The predicted molar refractivity (Wildman–Crippen MR) is 108 cm³/mol. The van der Waals surface area contributed by atoms with E-state index in [4.69, 9.17) is 4.52 Å². The van der Waals surface area contributed by atoms with Gasteiger partial charge in [0.05, 0.1) is 0 Å². The summed E-state index contributed by atoms with van der Waals surface area (Å²) < 4.78 is 5.20. The number of nitrogens with zero attached hydrogens (tertiary/aromatic N) is 3. The molecule has 0 saturated heterocycles. The van der Waals surface area contributed by atoms with Crippen molar-refractivity contribution in [2.75, 3.05) is 18.4 Å². The summed E-state index contributed by atoms with van der Waals surface area (Å²) in [7, 11) is 0. The number of benzene rings is 1. The van der Waals surface area contributed by atoms with E-state index in [1.54, 1.807) is 40.5 Å². The van der Waals surface area contributed by atoms with E-state index >= 15 is 0 Å². The van der Waals surface area contributed by atoms with Gasteiger partial charge in [-0.15, -0.1) is 0 Å². The highest BCUT2D eigenvalue weighted by Gasteiger charge is 2.13. The molecule has 0 aliphatic rings. The molecule has 3 rings (SSSR count). The van der Waals surface area contributed by atoms with Crippen LogP contribution in [0.3, 0.4) is 0 Å². The van der Waals surface area contributed by atoms with E-state index in [1.165, 1.54) is 0 Å². The van der Waals surface area contributed by atoms with Gasteiger partial charge in [0, 0.05) is 48.1 Å². The molecule has 3 aromatic rings. The van der Waals surface area contributed by atoms with Crippen molar-refractivity contribution in [3.05, 3.63) is 52.5 Å². The summed E-state index contributed by atoms with van der Waals surface area (Å²) in [4.78, 5) is 30.5. The number of anilines is 1. The Morgan fingerprint density at radius 1 is 1.14 bits per heavy atom. The van der Waals surface area contributed by atoms with Gasteiger partial charge in [-0.25, -0.2) is 0 Å². The number of carbonyl (C=O) groups is 2. The lowest BCUT2D eigenvalue weighted by molar-refractivity contribution is -0.116. The Morgan fingerprint density at radius 3 is 2.54 bits per heavy atom. The summed E-state index contributed by atoms with van der Waals surface area (Å²) in [6, 6.07) is 8.83. The lowest BCUT2D eigenvalue weighted by Crippen LogP contribution is -2.30. The summed E-state index contributed by atoms with van der Waals surface area (Å²) in [5.74, 6) is 0.792. The maximum atomic E-state index is 12.3. The zero-order valence-corrected chi connectivity index (χ0v) is 16.7. The van der Waals surface area contributed by atoms with E-state index in [1.807, 2.05) is 30.7 Å². The van der Waals surface area contributed by atoms with Crippen molar-refractivity contribution in [2.24, 2.45) is 0 Å². The second-order valence-corrected chi connectivity index (χ2v) is 6.91. The fraction of sp³-hybridized carbons (Fsp3) is 0.300. The van der Waals surface area contributed by atoms with E-state index in [0.29, 0.717) is 42.5 Å². The van der Waals surface area contributed by atoms with Crippen molar-refractivity contribution < 1.29 is 14.1 Å². The summed E-state index contributed by atoms with van der Waals surface area (Å²) in [6.45, 7) is 5.22. The average molecular weight is 398 g/mol. The van der Waals surface area contributed by atoms with Crippen molar-refractivity contribution in [3.63, 3.8) is 0 Å². The Kier molecular flexibility index (Phi) is 6.54. The fourth-order valence-corrected chi connectivity index (χ4v) is 3.33. The Morgan fingerprint density at radius 2 is 1.89 bits per heavy atom. The van der Waals surface area contributed by atoms with Crippen molar-refractivity contribution in [2.45, 2.75) is 26.7 Å². The smallest absolute Gasteiger partial charge is 0.253 e. The minimum Gasteiger partial charge on any atom is -0.339 e. The molecule has 7 nitrogen and oxygen atoms in total. The third-order valence-electron chi connectivity index (χ3n) is 4.28.